The summed E-state index contributed by atoms with van der Waals surface area (Å²) in [4.78, 5) is 37.4. The highest BCUT2D eigenvalue weighted by atomic mass is 79.9. The summed E-state index contributed by atoms with van der Waals surface area (Å²) in [7, 11) is 0. The van der Waals surface area contributed by atoms with Gasteiger partial charge in [0.15, 0.2) is 17.0 Å². The van der Waals surface area contributed by atoms with E-state index in [1.165, 1.54) is 12.3 Å². The lowest BCUT2D eigenvalue weighted by Gasteiger charge is -2.00. The Labute approximate surface area is 144 Å². The minimum absolute atomic E-state index is 0.0139. The third-order valence-electron chi connectivity index (χ3n) is 3.97. The largest absolute Gasteiger partial charge is 0.463 e. The van der Waals surface area contributed by atoms with Crippen LogP contribution in [-0.4, -0.2) is 11.6 Å². The highest BCUT2D eigenvalue weighted by Crippen LogP contribution is 2.27. The van der Waals surface area contributed by atoms with Crippen molar-refractivity contribution in [2.75, 3.05) is 0 Å². The summed E-state index contributed by atoms with van der Waals surface area (Å²) in [5.41, 5.74) is 1.04. The van der Waals surface area contributed by atoms with Crippen molar-refractivity contribution in [3.63, 3.8) is 0 Å². The van der Waals surface area contributed by atoms with Crippen LogP contribution >= 0.6 is 15.9 Å². The zero-order chi connectivity index (χ0) is 16.8. The number of ketones is 2. The van der Waals surface area contributed by atoms with Gasteiger partial charge in [0.05, 0.1) is 16.5 Å². The first-order chi connectivity index (χ1) is 11.6. The lowest BCUT2D eigenvalue weighted by atomic mass is 10.1. The van der Waals surface area contributed by atoms with Crippen LogP contribution in [0.4, 0.5) is 0 Å². The van der Waals surface area contributed by atoms with Crippen molar-refractivity contribution in [2.45, 2.75) is 0 Å². The molecule has 0 fully saturated rings. The number of hydrogen-bond acceptors (Lipinski definition) is 4. The molecule has 1 aliphatic carbocycles. The minimum atomic E-state index is -0.370. The van der Waals surface area contributed by atoms with E-state index in [4.69, 9.17) is 4.42 Å². The van der Waals surface area contributed by atoms with Crippen molar-refractivity contribution in [3.8, 4) is 0 Å². The number of carbonyl (C=O) groups is 2. The van der Waals surface area contributed by atoms with Gasteiger partial charge in [0.1, 0.15) is 11.8 Å². The number of carbonyl (C=O) groups excluding carboxylic acids is 2. The molecule has 0 aliphatic heterocycles. The van der Waals surface area contributed by atoms with Gasteiger partial charge < -0.3 is 4.42 Å². The Bertz CT molecular complexity index is 1080. The third-order valence-corrected chi connectivity index (χ3v) is 4.46. The van der Waals surface area contributed by atoms with Crippen LogP contribution in [-0.2, 0) is 0 Å². The summed E-state index contributed by atoms with van der Waals surface area (Å²) in [6.45, 7) is 0. The molecule has 24 heavy (non-hydrogen) atoms. The number of allylic oxidation sites excluding steroid dienone is 1. The van der Waals surface area contributed by atoms with Crippen molar-refractivity contribution >= 4 is 44.5 Å². The zero-order valence-electron chi connectivity index (χ0n) is 12.2. The summed E-state index contributed by atoms with van der Waals surface area (Å²) in [5, 5.41) is 0.392. The molecule has 1 aromatic heterocycles. The Morgan fingerprint density at radius 1 is 0.917 bits per heavy atom. The number of rotatable bonds is 1. The van der Waals surface area contributed by atoms with Gasteiger partial charge in [-0.15, -0.1) is 0 Å². The molecule has 0 N–H and O–H groups in total. The van der Waals surface area contributed by atoms with E-state index in [0.717, 1.165) is 4.47 Å². The lowest BCUT2D eigenvalue weighted by Crippen LogP contribution is -2.08. The van der Waals surface area contributed by atoms with Gasteiger partial charge in [0.2, 0.25) is 0 Å². The van der Waals surface area contributed by atoms with E-state index in [-0.39, 0.29) is 28.1 Å². The molecular weight excluding hydrogens is 372 g/mol. The summed E-state index contributed by atoms with van der Waals surface area (Å²) >= 11 is 3.32. The molecule has 2 aromatic carbocycles. The van der Waals surface area contributed by atoms with E-state index in [1.807, 2.05) is 0 Å². The molecular formula is C19H9BrO4. The Morgan fingerprint density at radius 3 is 2.25 bits per heavy atom. The smallest absolute Gasteiger partial charge is 0.199 e. The molecule has 0 radical (unpaired) electrons. The highest BCUT2D eigenvalue weighted by molar-refractivity contribution is 9.10. The fourth-order valence-corrected chi connectivity index (χ4v) is 3.12. The fourth-order valence-electron chi connectivity index (χ4n) is 2.78. The van der Waals surface area contributed by atoms with Crippen LogP contribution in [0.3, 0.4) is 0 Å². The van der Waals surface area contributed by atoms with Gasteiger partial charge >= 0.3 is 0 Å². The predicted molar refractivity (Wildman–Crippen MR) is 93.3 cm³/mol. The van der Waals surface area contributed by atoms with Gasteiger partial charge in [0.25, 0.3) is 0 Å². The minimum Gasteiger partial charge on any atom is -0.463 e. The van der Waals surface area contributed by atoms with Gasteiger partial charge in [-0.05, 0) is 24.3 Å². The van der Waals surface area contributed by atoms with E-state index < -0.39 is 0 Å². The molecule has 0 atom stereocenters. The SMILES string of the molecule is O=C1C(=Cc2coc3cc(Br)ccc3c2=O)C(=O)c2ccccc21. The van der Waals surface area contributed by atoms with Crippen molar-refractivity contribution in [1.29, 1.82) is 0 Å². The van der Waals surface area contributed by atoms with Crippen LogP contribution in [0.25, 0.3) is 17.0 Å². The predicted octanol–water partition coefficient (Wildman–Crippen LogP) is 4.02. The highest BCUT2D eigenvalue weighted by Gasteiger charge is 2.32. The van der Waals surface area contributed by atoms with Gasteiger partial charge in [-0.2, -0.15) is 0 Å². The molecule has 0 saturated heterocycles. The van der Waals surface area contributed by atoms with Crippen molar-refractivity contribution in [2.24, 2.45) is 0 Å². The van der Waals surface area contributed by atoms with Gasteiger partial charge in [0, 0.05) is 15.6 Å². The Balaban J connectivity index is 1.88. The molecule has 4 nitrogen and oxygen atoms in total. The lowest BCUT2D eigenvalue weighted by molar-refractivity contribution is 0.0990. The van der Waals surface area contributed by atoms with Crippen LogP contribution in [0.5, 0.6) is 0 Å². The summed E-state index contributed by atoms with van der Waals surface area (Å²) in [5.74, 6) is -0.739. The van der Waals surface area contributed by atoms with Crippen LogP contribution in [0.15, 0.2) is 68.0 Å². The summed E-state index contributed by atoms with van der Waals surface area (Å²) in [6, 6.07) is 11.7. The molecule has 5 heteroatoms. The van der Waals surface area contributed by atoms with E-state index >= 15 is 0 Å². The summed E-state index contributed by atoms with van der Waals surface area (Å²) < 4.78 is 6.26. The first-order valence-electron chi connectivity index (χ1n) is 7.17. The van der Waals surface area contributed by atoms with E-state index in [9.17, 15) is 14.4 Å². The second kappa shape index (κ2) is 5.39. The molecule has 4 rings (SSSR count). The van der Waals surface area contributed by atoms with Crippen LogP contribution < -0.4 is 5.43 Å². The first kappa shape index (κ1) is 14.8. The van der Waals surface area contributed by atoms with Crippen LogP contribution in [0.1, 0.15) is 26.3 Å². The molecule has 0 amide bonds. The fraction of sp³-hybridized carbons (Fsp3) is 0. The Hall–Kier alpha value is -2.79. The summed E-state index contributed by atoms with van der Waals surface area (Å²) in [6.07, 6.45) is 2.59. The molecule has 0 saturated carbocycles. The normalized spacial score (nSPS) is 13.5. The maximum atomic E-state index is 12.6. The number of benzene rings is 2. The van der Waals surface area contributed by atoms with E-state index in [0.29, 0.717) is 22.1 Å². The van der Waals surface area contributed by atoms with Gasteiger partial charge in [-0.25, -0.2) is 0 Å². The van der Waals surface area contributed by atoms with Crippen LogP contribution in [0.2, 0.25) is 0 Å². The van der Waals surface area contributed by atoms with Crippen molar-refractivity contribution < 1.29 is 14.0 Å². The zero-order valence-corrected chi connectivity index (χ0v) is 13.8. The number of halogens is 1. The molecule has 0 bridgehead atoms. The topological polar surface area (TPSA) is 64.3 Å². The molecule has 116 valence electrons. The quantitative estimate of drug-likeness (QED) is 0.472. The number of fused-ring (bicyclic) bond motifs is 2. The maximum Gasteiger partial charge on any atom is 0.199 e. The standard InChI is InChI=1S/C19H9BrO4/c20-11-5-6-14-16(8-11)24-9-10(17(14)21)7-15-18(22)12-3-1-2-4-13(12)19(15)23/h1-9H. The number of Topliss-reactive ketones (excluding diaryl/α,β-unsaturated/α-hetero) is 2. The average molecular weight is 381 g/mol. The van der Waals surface area contributed by atoms with Gasteiger partial charge in [-0.1, -0.05) is 40.2 Å². The Morgan fingerprint density at radius 2 is 1.58 bits per heavy atom. The average Bonchev–Trinajstić information content (AvgIpc) is 2.82. The molecule has 0 spiro atoms. The van der Waals surface area contributed by atoms with Crippen molar-refractivity contribution in [1.82, 2.24) is 0 Å². The number of hydrogen-bond donors (Lipinski definition) is 0. The second-order valence-corrected chi connectivity index (χ2v) is 6.34. The molecule has 1 heterocycles. The molecule has 3 aromatic rings. The molecule has 0 unspecified atom stereocenters. The monoisotopic (exact) mass is 380 g/mol. The van der Waals surface area contributed by atoms with Crippen LogP contribution in [0, 0.1) is 0 Å². The third kappa shape index (κ3) is 2.17. The van der Waals surface area contributed by atoms with Gasteiger partial charge in [-0.3, -0.25) is 14.4 Å². The van der Waals surface area contributed by atoms with E-state index in [2.05, 4.69) is 15.9 Å². The Kier molecular flexibility index (Phi) is 3.32. The maximum absolute atomic E-state index is 12.6. The second-order valence-electron chi connectivity index (χ2n) is 5.42. The molecule has 1 aliphatic rings. The van der Waals surface area contributed by atoms with E-state index in [1.54, 1.807) is 42.5 Å². The first-order valence-corrected chi connectivity index (χ1v) is 7.97. The van der Waals surface area contributed by atoms with Crippen molar-refractivity contribution in [3.05, 3.63) is 85.7 Å².